The maximum absolute atomic E-state index is 12.1. The van der Waals surface area contributed by atoms with Gasteiger partial charge in [-0.05, 0) is 23.3 Å². The number of nitrogens with one attached hydrogen (secondary N) is 1. The molecule has 0 aromatic heterocycles. The van der Waals surface area contributed by atoms with Crippen LogP contribution >= 0.6 is 0 Å². The largest absolute Gasteiger partial charge is 0.508 e. The summed E-state index contributed by atoms with van der Waals surface area (Å²) in [6.07, 6.45) is -0.533. The van der Waals surface area contributed by atoms with E-state index in [4.69, 9.17) is 14.2 Å². The van der Waals surface area contributed by atoms with Gasteiger partial charge in [0.1, 0.15) is 18.4 Å². The molecule has 0 heterocycles. The molecule has 1 amide bonds. The molecule has 2 aromatic carbocycles. The zero-order valence-electron chi connectivity index (χ0n) is 15.3. The first-order chi connectivity index (χ1) is 13.0. The van der Waals surface area contributed by atoms with Crippen LogP contribution in [0.2, 0.25) is 0 Å². The van der Waals surface area contributed by atoms with E-state index >= 15 is 0 Å². The van der Waals surface area contributed by atoms with Crippen LogP contribution in [0.4, 0.5) is 4.79 Å². The summed E-state index contributed by atoms with van der Waals surface area (Å²) >= 11 is 0. The van der Waals surface area contributed by atoms with Crippen molar-refractivity contribution in [2.45, 2.75) is 25.7 Å². The Kier molecular flexibility index (Phi) is 7.63. The Hall–Kier alpha value is -3.06. The second-order valence-corrected chi connectivity index (χ2v) is 5.88. The number of esters is 1. The first-order valence-electron chi connectivity index (χ1n) is 8.38. The fourth-order valence-corrected chi connectivity index (χ4v) is 2.52. The molecular formula is C20H23NO6. The Morgan fingerprint density at radius 2 is 1.78 bits per heavy atom. The minimum Gasteiger partial charge on any atom is -0.508 e. The molecule has 0 aliphatic rings. The molecule has 27 heavy (non-hydrogen) atoms. The molecule has 2 N–H and O–H groups in total. The molecule has 0 radical (unpaired) electrons. The second kappa shape index (κ2) is 10.2. The van der Waals surface area contributed by atoms with Gasteiger partial charge in [-0.25, -0.2) is 9.59 Å². The summed E-state index contributed by atoms with van der Waals surface area (Å²) in [5.41, 5.74) is 2.16. The molecule has 7 nitrogen and oxygen atoms in total. The number of hydrogen-bond donors (Lipinski definition) is 2. The van der Waals surface area contributed by atoms with Crippen molar-refractivity contribution in [3.63, 3.8) is 0 Å². The first-order valence-corrected chi connectivity index (χ1v) is 8.38. The number of methoxy groups -OCH3 is 2. The smallest absolute Gasteiger partial charge is 0.408 e. The molecule has 0 bridgehead atoms. The zero-order valence-corrected chi connectivity index (χ0v) is 15.3. The van der Waals surface area contributed by atoms with Crippen molar-refractivity contribution in [3.05, 3.63) is 65.2 Å². The van der Waals surface area contributed by atoms with E-state index < -0.39 is 18.1 Å². The van der Waals surface area contributed by atoms with Crippen molar-refractivity contribution in [1.82, 2.24) is 5.32 Å². The molecule has 2 rings (SSSR count). The average Bonchev–Trinajstić information content (AvgIpc) is 2.68. The Morgan fingerprint density at radius 1 is 1.04 bits per heavy atom. The first kappa shape index (κ1) is 20.3. The van der Waals surface area contributed by atoms with Gasteiger partial charge in [-0.1, -0.05) is 36.4 Å². The zero-order chi connectivity index (χ0) is 19.6. The van der Waals surface area contributed by atoms with Gasteiger partial charge < -0.3 is 24.6 Å². The number of ether oxygens (including phenoxy) is 3. The van der Waals surface area contributed by atoms with Crippen molar-refractivity contribution >= 4 is 12.1 Å². The number of benzene rings is 2. The van der Waals surface area contributed by atoms with E-state index in [0.29, 0.717) is 5.56 Å². The number of hydrogen-bond acceptors (Lipinski definition) is 6. The van der Waals surface area contributed by atoms with Gasteiger partial charge in [0.15, 0.2) is 0 Å². The molecule has 0 saturated heterocycles. The van der Waals surface area contributed by atoms with Crippen LogP contribution in [0.25, 0.3) is 0 Å². The van der Waals surface area contributed by atoms with Gasteiger partial charge in [0.2, 0.25) is 0 Å². The minimum absolute atomic E-state index is 0.0950. The SMILES string of the molecule is COCc1cc(C[C@H](NC(=O)OCc2ccccc2)C(=O)OC)ccc1O. The third-order valence-electron chi connectivity index (χ3n) is 3.87. The highest BCUT2D eigenvalue weighted by atomic mass is 16.6. The van der Waals surface area contributed by atoms with Crippen molar-refractivity contribution in [1.29, 1.82) is 0 Å². The lowest BCUT2D eigenvalue weighted by molar-refractivity contribution is -0.143. The van der Waals surface area contributed by atoms with Crippen molar-refractivity contribution in [2.24, 2.45) is 0 Å². The summed E-state index contributed by atoms with van der Waals surface area (Å²) in [6, 6.07) is 13.2. The van der Waals surface area contributed by atoms with Gasteiger partial charge >= 0.3 is 12.1 Å². The van der Waals surface area contributed by atoms with Crippen LogP contribution in [0.15, 0.2) is 48.5 Å². The van der Waals surface area contributed by atoms with Crippen LogP contribution in [0.5, 0.6) is 5.75 Å². The molecule has 144 valence electrons. The summed E-state index contributed by atoms with van der Waals surface area (Å²) < 4.78 is 15.0. The van der Waals surface area contributed by atoms with Gasteiger partial charge in [-0.3, -0.25) is 0 Å². The van der Waals surface area contributed by atoms with E-state index in [1.54, 1.807) is 12.1 Å². The molecule has 2 aromatic rings. The highest BCUT2D eigenvalue weighted by molar-refractivity contribution is 5.81. The fraction of sp³-hybridized carbons (Fsp3) is 0.300. The maximum Gasteiger partial charge on any atom is 0.408 e. The number of aromatic hydroxyl groups is 1. The van der Waals surface area contributed by atoms with Gasteiger partial charge in [0.05, 0.1) is 13.7 Å². The van der Waals surface area contributed by atoms with E-state index in [9.17, 15) is 14.7 Å². The Bertz CT molecular complexity index is 762. The van der Waals surface area contributed by atoms with Crippen molar-refractivity contribution in [2.75, 3.05) is 14.2 Å². The van der Waals surface area contributed by atoms with E-state index in [-0.39, 0.29) is 25.4 Å². The number of phenolic OH excluding ortho intramolecular Hbond substituents is 1. The van der Waals surface area contributed by atoms with E-state index in [2.05, 4.69) is 5.32 Å². The Balaban J connectivity index is 2.01. The second-order valence-electron chi connectivity index (χ2n) is 5.88. The molecule has 7 heteroatoms. The summed E-state index contributed by atoms with van der Waals surface area (Å²) in [5, 5.41) is 12.3. The lowest BCUT2D eigenvalue weighted by Gasteiger charge is -2.17. The third kappa shape index (κ3) is 6.31. The normalized spacial score (nSPS) is 11.5. The minimum atomic E-state index is -0.918. The number of carbonyl (C=O) groups is 2. The van der Waals surface area contributed by atoms with Gasteiger partial charge in [0, 0.05) is 19.1 Å². The van der Waals surface area contributed by atoms with Crippen LogP contribution in [-0.4, -0.2) is 37.4 Å². The summed E-state index contributed by atoms with van der Waals surface area (Å²) in [4.78, 5) is 24.1. The van der Waals surface area contributed by atoms with Crippen molar-refractivity contribution < 1.29 is 28.9 Å². The summed E-state index contributed by atoms with van der Waals surface area (Å²) in [6.45, 7) is 0.326. The van der Waals surface area contributed by atoms with Crippen LogP contribution in [0, 0.1) is 0 Å². The molecular weight excluding hydrogens is 350 g/mol. The molecule has 0 saturated carbocycles. The topological polar surface area (TPSA) is 94.1 Å². The predicted octanol–water partition coefficient (Wildman–Crippen LogP) is 2.55. The predicted molar refractivity (Wildman–Crippen MR) is 98.1 cm³/mol. The Morgan fingerprint density at radius 3 is 2.44 bits per heavy atom. The summed E-state index contributed by atoms with van der Waals surface area (Å²) in [5.74, 6) is -0.488. The van der Waals surface area contributed by atoms with Gasteiger partial charge in [-0.2, -0.15) is 0 Å². The monoisotopic (exact) mass is 373 g/mol. The average molecular weight is 373 g/mol. The number of rotatable bonds is 8. The fourth-order valence-electron chi connectivity index (χ4n) is 2.52. The Labute approximate surface area is 157 Å². The molecule has 0 spiro atoms. The van der Waals surface area contributed by atoms with Crippen LogP contribution < -0.4 is 5.32 Å². The lowest BCUT2D eigenvalue weighted by Crippen LogP contribution is -2.43. The highest BCUT2D eigenvalue weighted by Gasteiger charge is 2.23. The standard InChI is InChI=1S/C20H23NO6/c1-25-13-16-10-15(8-9-18(16)22)11-17(19(23)26-2)21-20(24)27-12-14-6-4-3-5-7-14/h3-10,17,22H,11-13H2,1-2H3,(H,21,24)/t17-/m0/s1. The molecule has 1 atom stereocenters. The van der Waals surface area contributed by atoms with E-state index in [0.717, 1.165) is 11.1 Å². The van der Waals surface area contributed by atoms with Gasteiger partial charge in [0.25, 0.3) is 0 Å². The van der Waals surface area contributed by atoms with E-state index in [1.165, 1.54) is 20.3 Å². The molecule has 0 aliphatic heterocycles. The van der Waals surface area contributed by atoms with Gasteiger partial charge in [-0.15, -0.1) is 0 Å². The lowest BCUT2D eigenvalue weighted by atomic mass is 10.0. The highest BCUT2D eigenvalue weighted by Crippen LogP contribution is 2.20. The summed E-state index contributed by atoms with van der Waals surface area (Å²) in [7, 11) is 2.77. The van der Waals surface area contributed by atoms with Crippen LogP contribution in [0.1, 0.15) is 16.7 Å². The number of phenols is 1. The van der Waals surface area contributed by atoms with Crippen molar-refractivity contribution in [3.8, 4) is 5.75 Å². The van der Waals surface area contributed by atoms with Crippen LogP contribution in [-0.2, 0) is 38.6 Å². The number of alkyl carbamates (subject to hydrolysis) is 1. The maximum atomic E-state index is 12.1. The van der Waals surface area contributed by atoms with Crippen LogP contribution in [0.3, 0.4) is 0 Å². The quantitative estimate of drug-likeness (QED) is 0.691. The molecule has 0 fully saturated rings. The molecule has 0 unspecified atom stereocenters. The third-order valence-corrected chi connectivity index (χ3v) is 3.87. The van der Waals surface area contributed by atoms with E-state index in [1.807, 2.05) is 30.3 Å². The number of carbonyl (C=O) groups excluding carboxylic acids is 2. The molecule has 0 aliphatic carbocycles. The number of amides is 1.